The maximum absolute atomic E-state index is 10.3. The maximum atomic E-state index is 10.3. The number of aromatic amines is 1. The first kappa shape index (κ1) is 15.1. The molecule has 25 heavy (non-hydrogen) atoms. The number of hydrogen-bond acceptors (Lipinski definition) is 6. The Balaban J connectivity index is 1.48. The van der Waals surface area contributed by atoms with Crippen LogP contribution in [-0.4, -0.2) is 51.2 Å². The molecule has 128 valence electrons. The second-order valence-corrected chi connectivity index (χ2v) is 7.57. The van der Waals surface area contributed by atoms with Gasteiger partial charge in [-0.3, -0.25) is 4.98 Å². The summed E-state index contributed by atoms with van der Waals surface area (Å²) in [5.41, 5.74) is 2.96. The molecule has 2 aliphatic rings. The summed E-state index contributed by atoms with van der Waals surface area (Å²) in [5.74, 6) is 1.95. The minimum Gasteiger partial charge on any atom is -0.494 e. The van der Waals surface area contributed by atoms with Gasteiger partial charge >= 0.3 is 0 Å². The highest BCUT2D eigenvalue weighted by Crippen LogP contribution is 2.36. The molecule has 0 saturated carbocycles. The van der Waals surface area contributed by atoms with Gasteiger partial charge in [0, 0.05) is 36.8 Å². The fourth-order valence-electron chi connectivity index (χ4n) is 3.93. The van der Waals surface area contributed by atoms with Gasteiger partial charge in [-0.15, -0.1) is 0 Å². The van der Waals surface area contributed by atoms with Crippen LogP contribution in [0.4, 0.5) is 5.69 Å². The Bertz CT molecular complexity index is 928. The fraction of sp³-hybridized carbons (Fsp3) is 0.353. The van der Waals surface area contributed by atoms with E-state index in [4.69, 9.17) is 0 Å². The number of anilines is 1. The predicted octanol–water partition coefficient (Wildman–Crippen LogP) is 2.14. The molecule has 0 amide bonds. The predicted molar refractivity (Wildman–Crippen MR) is 98.5 cm³/mol. The molecule has 2 saturated heterocycles. The highest BCUT2D eigenvalue weighted by atomic mass is 79.9. The molecule has 0 aliphatic carbocycles. The number of nitrogens with zero attached hydrogens (tertiary/aromatic N) is 4. The molecule has 5 heterocycles. The third kappa shape index (κ3) is 2.39. The van der Waals surface area contributed by atoms with Crippen LogP contribution in [-0.2, 0) is 0 Å². The van der Waals surface area contributed by atoms with E-state index in [1.54, 1.807) is 6.20 Å². The first-order valence-corrected chi connectivity index (χ1v) is 9.13. The van der Waals surface area contributed by atoms with Gasteiger partial charge in [-0.2, -0.15) is 0 Å². The minimum atomic E-state index is 0.0314. The van der Waals surface area contributed by atoms with Crippen LogP contribution >= 0.6 is 15.9 Å². The summed E-state index contributed by atoms with van der Waals surface area (Å²) >= 11 is 3.46. The molecule has 8 heteroatoms. The van der Waals surface area contributed by atoms with Crippen molar-refractivity contribution in [2.45, 2.75) is 0 Å². The van der Waals surface area contributed by atoms with Crippen LogP contribution in [0.15, 0.2) is 29.1 Å². The summed E-state index contributed by atoms with van der Waals surface area (Å²) in [6, 6.07) is 1.82. The van der Waals surface area contributed by atoms with E-state index >= 15 is 0 Å². The Kier molecular flexibility index (Phi) is 3.42. The van der Waals surface area contributed by atoms with Crippen LogP contribution in [0.5, 0.6) is 5.88 Å². The third-order valence-electron chi connectivity index (χ3n) is 5.23. The summed E-state index contributed by atoms with van der Waals surface area (Å²) < 4.78 is 0.841. The Morgan fingerprint density at radius 2 is 1.84 bits per heavy atom. The van der Waals surface area contributed by atoms with Crippen molar-refractivity contribution in [3.63, 3.8) is 0 Å². The lowest BCUT2D eigenvalue weighted by atomic mass is 10.0. The van der Waals surface area contributed by atoms with Gasteiger partial charge in [0.2, 0.25) is 5.88 Å². The van der Waals surface area contributed by atoms with Crippen molar-refractivity contribution in [1.82, 2.24) is 25.3 Å². The molecular weight excluding hydrogens is 384 g/mol. The smallest absolute Gasteiger partial charge is 0.202 e. The highest BCUT2D eigenvalue weighted by Gasteiger charge is 2.36. The third-order valence-corrected chi connectivity index (χ3v) is 5.89. The van der Waals surface area contributed by atoms with E-state index in [2.05, 4.69) is 46.1 Å². The largest absolute Gasteiger partial charge is 0.494 e. The Morgan fingerprint density at radius 1 is 1.12 bits per heavy atom. The second-order valence-electron chi connectivity index (χ2n) is 6.71. The number of aromatic nitrogens is 4. The lowest BCUT2D eigenvalue weighted by Gasteiger charge is -2.18. The molecule has 2 fully saturated rings. The number of aromatic hydroxyl groups is 1. The van der Waals surface area contributed by atoms with Crippen molar-refractivity contribution in [3.05, 3.63) is 29.1 Å². The zero-order valence-electron chi connectivity index (χ0n) is 13.4. The van der Waals surface area contributed by atoms with Gasteiger partial charge in [0.1, 0.15) is 11.1 Å². The topological polar surface area (TPSA) is 90.0 Å². The second kappa shape index (κ2) is 5.67. The zero-order chi connectivity index (χ0) is 17.0. The number of nitrogens with one attached hydrogen (secondary N) is 2. The van der Waals surface area contributed by atoms with E-state index in [-0.39, 0.29) is 5.88 Å². The Morgan fingerprint density at radius 3 is 2.56 bits per heavy atom. The quantitative estimate of drug-likeness (QED) is 0.610. The summed E-state index contributed by atoms with van der Waals surface area (Å²) in [5, 5.41) is 13.7. The first-order valence-electron chi connectivity index (χ1n) is 8.34. The van der Waals surface area contributed by atoms with Gasteiger partial charge in [0.05, 0.1) is 23.6 Å². The van der Waals surface area contributed by atoms with Crippen LogP contribution in [0, 0.1) is 11.8 Å². The molecular formula is C17H17BrN6O. The molecule has 3 aromatic heterocycles. The van der Waals surface area contributed by atoms with E-state index in [1.807, 2.05) is 18.5 Å². The van der Waals surface area contributed by atoms with Crippen molar-refractivity contribution in [3.8, 4) is 17.3 Å². The van der Waals surface area contributed by atoms with Gasteiger partial charge in [0.15, 0.2) is 5.82 Å². The van der Waals surface area contributed by atoms with E-state index in [9.17, 15) is 5.11 Å². The number of halogens is 1. The van der Waals surface area contributed by atoms with Crippen molar-refractivity contribution in [2.75, 3.05) is 31.1 Å². The van der Waals surface area contributed by atoms with E-state index in [0.717, 1.165) is 53.7 Å². The van der Waals surface area contributed by atoms with E-state index < -0.39 is 0 Å². The molecule has 0 spiro atoms. The Labute approximate surface area is 152 Å². The highest BCUT2D eigenvalue weighted by molar-refractivity contribution is 9.10. The molecule has 2 atom stereocenters. The van der Waals surface area contributed by atoms with Crippen LogP contribution in [0.25, 0.3) is 22.4 Å². The first-order chi connectivity index (χ1) is 12.2. The van der Waals surface area contributed by atoms with Gasteiger partial charge in [-0.1, -0.05) is 0 Å². The Hall–Kier alpha value is -2.19. The number of hydrogen-bond donors (Lipinski definition) is 3. The average Bonchev–Trinajstić information content (AvgIpc) is 3.28. The molecule has 0 radical (unpaired) electrons. The van der Waals surface area contributed by atoms with E-state index in [1.165, 1.54) is 0 Å². The number of pyridine rings is 1. The van der Waals surface area contributed by atoms with Crippen LogP contribution in [0.2, 0.25) is 0 Å². The van der Waals surface area contributed by atoms with Crippen LogP contribution in [0.1, 0.15) is 0 Å². The van der Waals surface area contributed by atoms with E-state index in [0.29, 0.717) is 16.9 Å². The van der Waals surface area contributed by atoms with Crippen LogP contribution < -0.4 is 10.2 Å². The number of fused-ring (bicyclic) bond motifs is 2. The summed E-state index contributed by atoms with van der Waals surface area (Å²) in [6.07, 6.45) is 5.37. The standard InChI is InChI=1S/C17H17BrN6O/c18-12-1-2-20-15-13(17(25)23-14(12)15)16-21-5-11(6-22-16)24-7-9-3-19-4-10(9)8-24/h1-2,5-6,9-10,19,23,25H,3-4,7-8H2. The monoisotopic (exact) mass is 400 g/mol. The lowest BCUT2D eigenvalue weighted by Crippen LogP contribution is -2.25. The normalized spacial score (nSPS) is 22.7. The number of H-pyrrole nitrogens is 1. The molecule has 3 aromatic rings. The van der Waals surface area contributed by atoms with Crippen molar-refractivity contribution in [1.29, 1.82) is 0 Å². The molecule has 7 nitrogen and oxygen atoms in total. The van der Waals surface area contributed by atoms with Gasteiger partial charge < -0.3 is 20.3 Å². The fourth-order valence-corrected chi connectivity index (χ4v) is 4.34. The molecule has 5 rings (SSSR count). The molecule has 0 aromatic carbocycles. The number of rotatable bonds is 2. The average molecular weight is 401 g/mol. The maximum Gasteiger partial charge on any atom is 0.202 e. The molecule has 0 bridgehead atoms. The lowest BCUT2D eigenvalue weighted by molar-refractivity contribution is 0.460. The van der Waals surface area contributed by atoms with Crippen molar-refractivity contribution >= 4 is 32.7 Å². The van der Waals surface area contributed by atoms with Gasteiger partial charge in [-0.25, -0.2) is 9.97 Å². The molecule has 2 aliphatic heterocycles. The molecule has 3 N–H and O–H groups in total. The van der Waals surface area contributed by atoms with Crippen molar-refractivity contribution < 1.29 is 5.11 Å². The minimum absolute atomic E-state index is 0.0314. The zero-order valence-corrected chi connectivity index (χ0v) is 15.0. The van der Waals surface area contributed by atoms with Gasteiger partial charge in [-0.05, 0) is 33.8 Å². The molecule has 2 unspecified atom stereocenters. The summed E-state index contributed by atoms with van der Waals surface area (Å²) in [6.45, 7) is 4.30. The van der Waals surface area contributed by atoms with Crippen molar-refractivity contribution in [2.24, 2.45) is 11.8 Å². The summed E-state index contributed by atoms with van der Waals surface area (Å²) in [4.78, 5) is 18.6. The van der Waals surface area contributed by atoms with Crippen LogP contribution in [0.3, 0.4) is 0 Å². The SMILES string of the molecule is Oc1[nH]c2c(Br)ccnc2c1-c1ncc(N2CC3CNCC3C2)cn1. The van der Waals surface area contributed by atoms with Gasteiger partial charge in [0.25, 0.3) is 0 Å². The summed E-state index contributed by atoms with van der Waals surface area (Å²) in [7, 11) is 0.